The molecule has 7 heteroatoms. The van der Waals surface area contributed by atoms with Crippen LogP contribution < -0.4 is 16.4 Å². The van der Waals surface area contributed by atoms with Gasteiger partial charge in [-0.15, -0.1) is 11.3 Å². The number of nitrogens with one attached hydrogen (secondary N) is 2. The first kappa shape index (κ1) is 17.6. The fourth-order valence-electron chi connectivity index (χ4n) is 2.38. The van der Waals surface area contributed by atoms with Crippen molar-refractivity contribution in [3.63, 3.8) is 0 Å². The highest BCUT2D eigenvalue weighted by Crippen LogP contribution is 2.23. The molecule has 26 heavy (non-hydrogen) atoms. The molecule has 1 heterocycles. The highest BCUT2D eigenvalue weighted by molar-refractivity contribution is 7.13. The molecule has 3 amide bonds. The number of benzene rings is 2. The minimum Gasteiger partial charge on any atom is -0.352 e. The highest BCUT2D eigenvalue weighted by Gasteiger charge is 2.09. The van der Waals surface area contributed by atoms with Crippen LogP contribution in [0, 0.1) is 0 Å². The molecular weight excluding hydrogens is 348 g/mol. The number of anilines is 1. The van der Waals surface area contributed by atoms with Crippen LogP contribution in [0.2, 0.25) is 0 Å². The van der Waals surface area contributed by atoms with Crippen LogP contribution in [0.5, 0.6) is 0 Å². The van der Waals surface area contributed by atoms with Crippen molar-refractivity contribution in [1.82, 2.24) is 10.3 Å². The number of amides is 3. The lowest BCUT2D eigenvalue weighted by Crippen LogP contribution is -2.24. The SMILES string of the molecule is NC(=O)Nc1ccc(CNC(=O)Cc2csc(-c3ccccc3)n2)cc1. The number of rotatable bonds is 6. The molecule has 0 atom stereocenters. The van der Waals surface area contributed by atoms with Crippen molar-refractivity contribution in [3.05, 3.63) is 71.2 Å². The number of hydrogen-bond acceptors (Lipinski definition) is 4. The number of carbonyl (C=O) groups excluding carboxylic acids is 2. The predicted octanol–water partition coefficient (Wildman–Crippen LogP) is 3.16. The van der Waals surface area contributed by atoms with Crippen molar-refractivity contribution in [2.45, 2.75) is 13.0 Å². The van der Waals surface area contributed by atoms with Gasteiger partial charge < -0.3 is 16.4 Å². The zero-order valence-corrected chi connectivity index (χ0v) is 14.8. The molecule has 6 nitrogen and oxygen atoms in total. The maximum absolute atomic E-state index is 12.1. The Morgan fingerprint density at radius 3 is 2.46 bits per heavy atom. The highest BCUT2D eigenvalue weighted by atomic mass is 32.1. The third-order valence-electron chi connectivity index (χ3n) is 3.63. The van der Waals surface area contributed by atoms with E-state index in [-0.39, 0.29) is 12.3 Å². The monoisotopic (exact) mass is 366 g/mol. The zero-order valence-electron chi connectivity index (χ0n) is 13.9. The lowest BCUT2D eigenvalue weighted by Gasteiger charge is -2.06. The second-order valence-electron chi connectivity index (χ2n) is 5.65. The standard InChI is InChI=1S/C19H18N4O2S/c20-19(25)23-15-8-6-13(7-9-15)11-21-17(24)10-16-12-26-18(22-16)14-4-2-1-3-5-14/h1-9,12H,10-11H2,(H,21,24)(H3,20,23,25). The van der Waals surface area contributed by atoms with Gasteiger partial charge >= 0.3 is 6.03 Å². The van der Waals surface area contributed by atoms with Crippen LogP contribution in [-0.2, 0) is 17.8 Å². The number of nitrogens with two attached hydrogens (primary N) is 1. The maximum atomic E-state index is 12.1. The Morgan fingerprint density at radius 1 is 1.04 bits per heavy atom. The predicted molar refractivity (Wildman–Crippen MR) is 103 cm³/mol. The summed E-state index contributed by atoms with van der Waals surface area (Å²) in [6.07, 6.45) is 0.241. The number of nitrogens with zero attached hydrogens (tertiary/aromatic N) is 1. The van der Waals surface area contributed by atoms with Crippen LogP contribution in [0.3, 0.4) is 0 Å². The van der Waals surface area contributed by atoms with E-state index < -0.39 is 6.03 Å². The van der Waals surface area contributed by atoms with Crippen LogP contribution in [-0.4, -0.2) is 16.9 Å². The normalized spacial score (nSPS) is 10.3. The topological polar surface area (TPSA) is 97.1 Å². The minimum absolute atomic E-state index is 0.0887. The van der Waals surface area contributed by atoms with Crippen molar-refractivity contribution < 1.29 is 9.59 Å². The first-order valence-electron chi connectivity index (χ1n) is 8.02. The summed E-state index contributed by atoms with van der Waals surface area (Å²) in [4.78, 5) is 27.4. The molecule has 0 saturated heterocycles. The summed E-state index contributed by atoms with van der Waals surface area (Å²) in [5.41, 5.74) is 8.41. The smallest absolute Gasteiger partial charge is 0.316 e. The number of primary amides is 1. The maximum Gasteiger partial charge on any atom is 0.316 e. The van der Waals surface area contributed by atoms with Crippen molar-refractivity contribution >= 4 is 29.0 Å². The summed E-state index contributed by atoms with van der Waals surface area (Å²) >= 11 is 1.53. The Bertz CT molecular complexity index is 891. The first-order chi connectivity index (χ1) is 12.6. The van der Waals surface area contributed by atoms with Gasteiger partial charge in [-0.3, -0.25) is 4.79 Å². The van der Waals surface area contributed by atoms with Gasteiger partial charge in [0.25, 0.3) is 0 Å². The number of hydrogen-bond donors (Lipinski definition) is 3. The van der Waals surface area contributed by atoms with Gasteiger partial charge in [0, 0.05) is 23.2 Å². The van der Waals surface area contributed by atoms with E-state index in [1.54, 1.807) is 12.1 Å². The lowest BCUT2D eigenvalue weighted by atomic mass is 10.2. The van der Waals surface area contributed by atoms with E-state index in [1.807, 2.05) is 47.8 Å². The molecule has 3 rings (SSSR count). The molecule has 1 aromatic heterocycles. The van der Waals surface area contributed by atoms with E-state index in [4.69, 9.17) is 5.73 Å². The van der Waals surface area contributed by atoms with Gasteiger partial charge in [0.15, 0.2) is 0 Å². The second-order valence-corrected chi connectivity index (χ2v) is 6.51. The fourth-order valence-corrected chi connectivity index (χ4v) is 3.20. The van der Waals surface area contributed by atoms with Gasteiger partial charge in [-0.2, -0.15) is 0 Å². The van der Waals surface area contributed by atoms with Gasteiger partial charge in [-0.1, -0.05) is 42.5 Å². The summed E-state index contributed by atoms with van der Waals surface area (Å²) in [6.45, 7) is 0.408. The molecule has 4 N–H and O–H groups in total. The van der Waals surface area contributed by atoms with Gasteiger partial charge in [0.1, 0.15) is 5.01 Å². The molecular formula is C19H18N4O2S. The summed E-state index contributed by atoms with van der Waals surface area (Å²) in [5.74, 6) is -0.0887. The van der Waals surface area contributed by atoms with Gasteiger partial charge in [0.2, 0.25) is 5.91 Å². The van der Waals surface area contributed by atoms with E-state index in [9.17, 15) is 9.59 Å². The molecule has 0 aliphatic carbocycles. The summed E-state index contributed by atoms with van der Waals surface area (Å²) in [6, 6.07) is 16.4. The number of thiazole rings is 1. The molecule has 0 radical (unpaired) electrons. The van der Waals surface area contributed by atoms with Crippen molar-refractivity contribution in [2.24, 2.45) is 5.73 Å². The van der Waals surface area contributed by atoms with E-state index in [1.165, 1.54) is 11.3 Å². The molecule has 0 saturated carbocycles. The van der Waals surface area contributed by atoms with E-state index in [0.29, 0.717) is 12.2 Å². The van der Waals surface area contributed by atoms with Crippen LogP contribution >= 0.6 is 11.3 Å². The first-order valence-corrected chi connectivity index (χ1v) is 8.90. The quantitative estimate of drug-likeness (QED) is 0.625. The minimum atomic E-state index is -0.607. The Morgan fingerprint density at radius 2 is 1.77 bits per heavy atom. The summed E-state index contributed by atoms with van der Waals surface area (Å²) in [7, 11) is 0. The lowest BCUT2D eigenvalue weighted by molar-refractivity contribution is -0.120. The second kappa shape index (κ2) is 8.26. The molecule has 2 aromatic carbocycles. The number of urea groups is 1. The molecule has 0 bridgehead atoms. The molecule has 0 aliphatic heterocycles. The van der Waals surface area contributed by atoms with Crippen molar-refractivity contribution in [1.29, 1.82) is 0 Å². The molecule has 3 aromatic rings. The molecule has 0 fully saturated rings. The molecule has 0 unspecified atom stereocenters. The molecule has 0 aliphatic rings. The van der Waals surface area contributed by atoms with Crippen LogP contribution in [0.15, 0.2) is 60.0 Å². The summed E-state index contributed by atoms with van der Waals surface area (Å²) < 4.78 is 0. The Balaban J connectivity index is 1.51. The fraction of sp³-hybridized carbons (Fsp3) is 0.105. The Kier molecular flexibility index (Phi) is 5.60. The Hall–Kier alpha value is -3.19. The van der Waals surface area contributed by atoms with E-state index >= 15 is 0 Å². The van der Waals surface area contributed by atoms with Crippen LogP contribution in [0.1, 0.15) is 11.3 Å². The average molecular weight is 366 g/mol. The molecule has 0 spiro atoms. The van der Waals surface area contributed by atoms with E-state index in [0.717, 1.165) is 21.8 Å². The number of carbonyl (C=O) groups is 2. The van der Waals surface area contributed by atoms with Gasteiger partial charge in [0.05, 0.1) is 12.1 Å². The average Bonchev–Trinajstić information content (AvgIpc) is 3.10. The van der Waals surface area contributed by atoms with E-state index in [2.05, 4.69) is 15.6 Å². The Labute approximate surface area is 155 Å². The van der Waals surface area contributed by atoms with Crippen molar-refractivity contribution in [2.75, 3.05) is 5.32 Å². The van der Waals surface area contributed by atoms with Gasteiger partial charge in [-0.05, 0) is 17.7 Å². The molecule has 132 valence electrons. The number of aromatic nitrogens is 1. The third kappa shape index (κ3) is 4.90. The van der Waals surface area contributed by atoms with Crippen LogP contribution in [0.4, 0.5) is 10.5 Å². The van der Waals surface area contributed by atoms with Gasteiger partial charge in [-0.25, -0.2) is 9.78 Å². The van der Waals surface area contributed by atoms with Crippen molar-refractivity contribution in [3.8, 4) is 10.6 Å². The third-order valence-corrected chi connectivity index (χ3v) is 4.57. The summed E-state index contributed by atoms with van der Waals surface area (Å²) in [5, 5.41) is 8.18. The zero-order chi connectivity index (χ0) is 18.4. The van der Waals surface area contributed by atoms with Crippen LogP contribution in [0.25, 0.3) is 10.6 Å². The largest absolute Gasteiger partial charge is 0.352 e.